The topological polar surface area (TPSA) is 17.8 Å². The molecular formula is C12H11F3N2. The summed E-state index contributed by atoms with van der Waals surface area (Å²) < 4.78 is 41.3. The van der Waals surface area contributed by atoms with E-state index in [0.29, 0.717) is 12.1 Å². The summed E-state index contributed by atoms with van der Waals surface area (Å²) in [5.41, 5.74) is -0.139. The summed E-state index contributed by atoms with van der Waals surface area (Å²) in [5.74, 6) is -2.83. The Bertz CT molecular complexity index is 523. The molecule has 2 nitrogen and oxygen atoms in total. The zero-order valence-electron chi connectivity index (χ0n) is 9.42. The number of aromatic nitrogens is 2. The molecule has 2 rings (SSSR count). The number of hydrogen-bond donors (Lipinski definition) is 0. The van der Waals surface area contributed by atoms with Gasteiger partial charge in [0.25, 0.3) is 0 Å². The van der Waals surface area contributed by atoms with Gasteiger partial charge in [-0.3, -0.25) is 4.68 Å². The highest BCUT2D eigenvalue weighted by Crippen LogP contribution is 2.25. The van der Waals surface area contributed by atoms with Gasteiger partial charge in [-0.15, -0.1) is 0 Å². The molecule has 0 saturated heterocycles. The normalized spacial score (nSPS) is 11.2. The average Bonchev–Trinajstić information content (AvgIpc) is 2.65. The van der Waals surface area contributed by atoms with Gasteiger partial charge in [0.15, 0.2) is 0 Å². The number of hydrogen-bond acceptors (Lipinski definition) is 1. The van der Waals surface area contributed by atoms with Crippen LogP contribution >= 0.6 is 0 Å². The van der Waals surface area contributed by atoms with Crippen LogP contribution in [0.3, 0.4) is 0 Å². The van der Waals surface area contributed by atoms with Crippen LogP contribution in [-0.4, -0.2) is 9.78 Å². The molecule has 0 amide bonds. The lowest BCUT2D eigenvalue weighted by Gasteiger charge is -2.05. The Morgan fingerprint density at radius 2 is 1.71 bits per heavy atom. The summed E-state index contributed by atoms with van der Waals surface area (Å²) in [6.07, 6.45) is 1.63. The van der Waals surface area contributed by atoms with Crippen molar-refractivity contribution in [2.45, 2.75) is 19.9 Å². The van der Waals surface area contributed by atoms with Crippen molar-refractivity contribution in [3.05, 3.63) is 41.8 Å². The van der Waals surface area contributed by atoms with Crippen LogP contribution in [0.15, 0.2) is 24.4 Å². The van der Waals surface area contributed by atoms with Crippen molar-refractivity contribution in [2.75, 3.05) is 0 Å². The smallest absolute Gasteiger partial charge is 0.138 e. The molecule has 0 radical (unpaired) electrons. The second kappa shape index (κ2) is 4.24. The molecule has 2 aromatic rings. The molecule has 0 saturated carbocycles. The minimum absolute atomic E-state index is 0.0929. The Labute approximate surface area is 96.7 Å². The highest BCUT2D eigenvalue weighted by Gasteiger charge is 2.16. The van der Waals surface area contributed by atoms with Crippen LogP contribution in [0.1, 0.15) is 19.9 Å². The fraction of sp³-hybridized carbons (Fsp3) is 0.250. The Morgan fingerprint density at radius 3 is 2.18 bits per heavy atom. The highest BCUT2D eigenvalue weighted by atomic mass is 19.1. The minimum Gasteiger partial charge on any atom is -0.270 e. The molecule has 1 aromatic carbocycles. The van der Waals surface area contributed by atoms with E-state index in [0.717, 1.165) is 0 Å². The largest absolute Gasteiger partial charge is 0.270 e. The van der Waals surface area contributed by atoms with E-state index in [1.165, 1.54) is 6.07 Å². The summed E-state index contributed by atoms with van der Waals surface area (Å²) in [6.45, 7) is 3.79. The predicted octanol–water partition coefficient (Wildman–Crippen LogP) is 3.55. The molecule has 0 spiro atoms. The zero-order valence-corrected chi connectivity index (χ0v) is 9.42. The quantitative estimate of drug-likeness (QED) is 0.784. The Hall–Kier alpha value is -1.78. The Kier molecular flexibility index (Phi) is 2.92. The molecule has 0 aliphatic rings. The average molecular weight is 240 g/mol. The fourth-order valence-corrected chi connectivity index (χ4v) is 1.55. The first-order chi connectivity index (χ1) is 7.99. The van der Waals surface area contributed by atoms with Gasteiger partial charge in [0.05, 0.1) is 11.3 Å². The van der Waals surface area contributed by atoms with Crippen LogP contribution in [0.4, 0.5) is 13.2 Å². The van der Waals surface area contributed by atoms with Crippen molar-refractivity contribution in [1.29, 1.82) is 0 Å². The summed E-state index contributed by atoms with van der Waals surface area (Å²) in [6, 6.07) is 2.88. The maximum atomic E-state index is 13.5. The van der Waals surface area contributed by atoms with E-state index in [9.17, 15) is 13.2 Å². The summed E-state index contributed by atoms with van der Waals surface area (Å²) in [7, 11) is 0. The van der Waals surface area contributed by atoms with E-state index < -0.39 is 17.5 Å². The lowest BCUT2D eigenvalue weighted by molar-refractivity contribution is 0.528. The van der Waals surface area contributed by atoms with Gasteiger partial charge in [-0.2, -0.15) is 5.10 Å². The van der Waals surface area contributed by atoms with Gasteiger partial charge in [0, 0.05) is 24.4 Å². The third-order valence-electron chi connectivity index (χ3n) is 2.40. The Morgan fingerprint density at radius 1 is 1.12 bits per heavy atom. The predicted molar refractivity (Wildman–Crippen MR) is 57.9 cm³/mol. The molecule has 1 aromatic heterocycles. The van der Waals surface area contributed by atoms with E-state index in [-0.39, 0.29) is 17.3 Å². The van der Waals surface area contributed by atoms with Crippen LogP contribution in [0.2, 0.25) is 0 Å². The van der Waals surface area contributed by atoms with Crippen LogP contribution in [0.5, 0.6) is 0 Å². The maximum absolute atomic E-state index is 13.5. The number of benzene rings is 1. The molecule has 0 aliphatic heterocycles. The molecule has 5 heteroatoms. The van der Waals surface area contributed by atoms with Crippen LogP contribution < -0.4 is 0 Å². The van der Waals surface area contributed by atoms with Gasteiger partial charge in [-0.05, 0) is 19.9 Å². The van der Waals surface area contributed by atoms with E-state index in [4.69, 9.17) is 0 Å². The van der Waals surface area contributed by atoms with E-state index >= 15 is 0 Å². The zero-order chi connectivity index (χ0) is 12.6. The lowest BCUT2D eigenvalue weighted by atomic mass is 10.1. The molecule has 0 aliphatic carbocycles. The van der Waals surface area contributed by atoms with E-state index in [1.54, 1.807) is 10.9 Å². The molecule has 0 N–H and O–H groups in total. The SMILES string of the molecule is CC(C)n1ccc(-c2c(F)cc(F)cc2F)n1. The maximum Gasteiger partial charge on any atom is 0.138 e. The Balaban J connectivity index is 2.52. The minimum atomic E-state index is -0.948. The van der Waals surface area contributed by atoms with Gasteiger partial charge in [-0.25, -0.2) is 13.2 Å². The molecule has 90 valence electrons. The van der Waals surface area contributed by atoms with Crippen LogP contribution in [0, 0.1) is 17.5 Å². The van der Waals surface area contributed by atoms with Crippen LogP contribution in [-0.2, 0) is 0 Å². The first kappa shape index (κ1) is 11.7. The molecule has 0 fully saturated rings. The molecule has 17 heavy (non-hydrogen) atoms. The number of nitrogens with zero attached hydrogens (tertiary/aromatic N) is 2. The van der Waals surface area contributed by atoms with Crippen molar-refractivity contribution in [2.24, 2.45) is 0 Å². The third kappa shape index (κ3) is 2.18. The second-order valence-corrected chi connectivity index (χ2v) is 4.02. The van der Waals surface area contributed by atoms with Crippen molar-refractivity contribution in [1.82, 2.24) is 9.78 Å². The molecule has 0 atom stereocenters. The van der Waals surface area contributed by atoms with Gasteiger partial charge >= 0.3 is 0 Å². The van der Waals surface area contributed by atoms with Gasteiger partial charge < -0.3 is 0 Å². The van der Waals surface area contributed by atoms with E-state index in [1.807, 2.05) is 13.8 Å². The molecule has 0 unspecified atom stereocenters. The van der Waals surface area contributed by atoms with Crippen molar-refractivity contribution >= 4 is 0 Å². The van der Waals surface area contributed by atoms with Gasteiger partial charge in [0.2, 0.25) is 0 Å². The fourth-order valence-electron chi connectivity index (χ4n) is 1.55. The standard InChI is InChI=1S/C12H11F3N2/c1-7(2)17-4-3-11(16-17)12-9(14)5-8(13)6-10(12)15/h3-7H,1-2H3. The molecule has 0 bridgehead atoms. The first-order valence-corrected chi connectivity index (χ1v) is 5.19. The first-order valence-electron chi connectivity index (χ1n) is 5.19. The number of rotatable bonds is 2. The summed E-state index contributed by atoms with van der Waals surface area (Å²) in [4.78, 5) is 0. The van der Waals surface area contributed by atoms with Gasteiger partial charge in [-0.1, -0.05) is 0 Å². The third-order valence-corrected chi connectivity index (χ3v) is 2.40. The van der Waals surface area contributed by atoms with Crippen molar-refractivity contribution in [3.8, 4) is 11.3 Å². The van der Waals surface area contributed by atoms with Gasteiger partial charge in [0.1, 0.15) is 17.5 Å². The second-order valence-electron chi connectivity index (χ2n) is 4.02. The highest BCUT2D eigenvalue weighted by molar-refractivity contribution is 5.60. The van der Waals surface area contributed by atoms with E-state index in [2.05, 4.69) is 5.10 Å². The van der Waals surface area contributed by atoms with Crippen molar-refractivity contribution < 1.29 is 13.2 Å². The molecule has 1 heterocycles. The number of halogens is 3. The van der Waals surface area contributed by atoms with Crippen molar-refractivity contribution in [3.63, 3.8) is 0 Å². The van der Waals surface area contributed by atoms with Crippen LogP contribution in [0.25, 0.3) is 11.3 Å². The monoisotopic (exact) mass is 240 g/mol. The summed E-state index contributed by atoms with van der Waals surface area (Å²) >= 11 is 0. The lowest BCUT2D eigenvalue weighted by Crippen LogP contribution is -2.01. The molecular weight excluding hydrogens is 229 g/mol. The summed E-state index contributed by atoms with van der Waals surface area (Å²) in [5, 5.41) is 4.05.